The van der Waals surface area contributed by atoms with Gasteiger partial charge in [0.2, 0.25) is 5.91 Å². The van der Waals surface area contributed by atoms with E-state index in [4.69, 9.17) is 22.1 Å². The number of halogens is 2. The van der Waals surface area contributed by atoms with Crippen LogP contribution in [0.4, 0.5) is 15.8 Å². The zero-order valence-electron chi connectivity index (χ0n) is 19.2. The number of nitrogens with zero attached hydrogens (tertiary/aromatic N) is 3. The smallest absolute Gasteiger partial charge is 0.338 e. The van der Waals surface area contributed by atoms with Gasteiger partial charge in [0.25, 0.3) is 0 Å². The van der Waals surface area contributed by atoms with Crippen molar-refractivity contribution in [3.05, 3.63) is 117 Å². The molecule has 1 unspecified atom stereocenters. The van der Waals surface area contributed by atoms with Crippen molar-refractivity contribution in [2.24, 2.45) is 5.73 Å². The number of carbonyl (C=O) groups is 2. The summed E-state index contributed by atoms with van der Waals surface area (Å²) in [6.45, 7) is -0.106. The van der Waals surface area contributed by atoms with Gasteiger partial charge in [-0.05, 0) is 42.0 Å². The highest BCUT2D eigenvalue weighted by molar-refractivity contribution is 6.30. The quantitative estimate of drug-likeness (QED) is 0.526. The van der Waals surface area contributed by atoms with Gasteiger partial charge in [0, 0.05) is 22.0 Å². The molecule has 37 heavy (non-hydrogen) atoms. The van der Waals surface area contributed by atoms with Crippen molar-refractivity contribution in [2.45, 2.75) is 12.0 Å². The second-order valence-corrected chi connectivity index (χ2v) is 9.31. The topological polar surface area (TPSA) is 99.7 Å². The van der Waals surface area contributed by atoms with Gasteiger partial charge in [-0.2, -0.15) is 5.26 Å². The van der Waals surface area contributed by atoms with Gasteiger partial charge < -0.3 is 15.4 Å². The highest BCUT2D eigenvalue weighted by atomic mass is 35.5. The number of amides is 1. The molecule has 3 aromatic rings. The Kier molecular flexibility index (Phi) is 5.07. The molecule has 0 aliphatic carbocycles. The Bertz CT molecular complexity index is 1630. The van der Waals surface area contributed by atoms with Crippen LogP contribution in [0.5, 0.6) is 0 Å². The molecule has 3 aliphatic heterocycles. The molecule has 0 aromatic heterocycles. The molecule has 1 atom stereocenters. The number of cyclic esters (lactones) is 1. The molecule has 182 valence electrons. The number of ether oxygens (including phenoxy) is 1. The third kappa shape index (κ3) is 3.11. The normalized spacial score (nSPS) is 20.4. The average Bonchev–Trinajstić information content (AvgIpc) is 3.37. The van der Waals surface area contributed by atoms with Crippen LogP contribution < -0.4 is 15.5 Å². The molecule has 1 amide bonds. The van der Waals surface area contributed by atoms with Gasteiger partial charge in [0.1, 0.15) is 29.7 Å². The number of fused-ring (bicyclic) bond motifs is 3. The van der Waals surface area contributed by atoms with Crippen LogP contribution in [0.15, 0.2) is 95.5 Å². The molecule has 3 aliphatic rings. The highest BCUT2D eigenvalue weighted by Gasteiger charge is 2.63. The number of benzene rings is 3. The number of nitrogens with two attached hydrogens (primary N) is 1. The maximum atomic E-state index is 14.4. The minimum Gasteiger partial charge on any atom is -0.456 e. The number of hydrogen-bond donors (Lipinski definition) is 1. The number of anilines is 2. The molecule has 3 aromatic carbocycles. The third-order valence-electron chi connectivity index (χ3n) is 6.92. The summed E-state index contributed by atoms with van der Waals surface area (Å²) in [6.07, 6.45) is 0. The van der Waals surface area contributed by atoms with Crippen LogP contribution in [0, 0.1) is 17.1 Å². The Labute approximate surface area is 216 Å². The predicted molar refractivity (Wildman–Crippen MR) is 134 cm³/mol. The Morgan fingerprint density at radius 3 is 2.62 bits per heavy atom. The fraction of sp³-hybridized carbons (Fsp3) is 0.107. The number of esters is 1. The molecule has 0 saturated carbocycles. The van der Waals surface area contributed by atoms with Crippen molar-refractivity contribution < 1.29 is 18.7 Å². The van der Waals surface area contributed by atoms with E-state index < -0.39 is 23.1 Å². The van der Waals surface area contributed by atoms with Crippen molar-refractivity contribution in [1.82, 2.24) is 0 Å². The van der Waals surface area contributed by atoms with E-state index >= 15 is 0 Å². The summed E-state index contributed by atoms with van der Waals surface area (Å²) in [5, 5.41) is 10.9. The number of hydrogen-bond acceptors (Lipinski definition) is 6. The Morgan fingerprint density at radius 2 is 1.86 bits per heavy atom. The zero-order valence-corrected chi connectivity index (χ0v) is 20.0. The van der Waals surface area contributed by atoms with Crippen molar-refractivity contribution in [1.29, 1.82) is 5.26 Å². The van der Waals surface area contributed by atoms with E-state index in [2.05, 4.69) is 6.07 Å². The van der Waals surface area contributed by atoms with Gasteiger partial charge in [-0.3, -0.25) is 9.69 Å². The van der Waals surface area contributed by atoms with Gasteiger partial charge in [-0.15, -0.1) is 0 Å². The van der Waals surface area contributed by atoms with Crippen LogP contribution in [0.2, 0.25) is 5.02 Å². The fourth-order valence-corrected chi connectivity index (χ4v) is 5.66. The molecule has 0 radical (unpaired) electrons. The molecule has 6 rings (SSSR count). The molecule has 2 N–H and O–H groups in total. The van der Waals surface area contributed by atoms with Crippen molar-refractivity contribution in [3.63, 3.8) is 0 Å². The number of carbonyl (C=O) groups excluding carboxylic acids is 2. The van der Waals surface area contributed by atoms with Gasteiger partial charge in [0.05, 0.1) is 23.4 Å². The Morgan fingerprint density at radius 1 is 1.08 bits per heavy atom. The number of para-hydroxylation sites is 1. The van der Waals surface area contributed by atoms with Crippen LogP contribution in [0.3, 0.4) is 0 Å². The second-order valence-electron chi connectivity index (χ2n) is 8.87. The maximum absolute atomic E-state index is 14.4. The predicted octanol–water partition coefficient (Wildman–Crippen LogP) is 4.29. The monoisotopic (exact) mass is 512 g/mol. The molecule has 9 heteroatoms. The third-order valence-corrected chi connectivity index (χ3v) is 7.16. The lowest BCUT2D eigenvalue weighted by Gasteiger charge is -2.38. The number of nitriles is 1. The van der Waals surface area contributed by atoms with E-state index in [9.17, 15) is 19.2 Å². The van der Waals surface area contributed by atoms with Crippen LogP contribution in [0.1, 0.15) is 11.1 Å². The largest absolute Gasteiger partial charge is 0.456 e. The first-order valence-electron chi connectivity index (χ1n) is 11.4. The van der Waals surface area contributed by atoms with E-state index in [0.717, 1.165) is 0 Å². The lowest BCUT2D eigenvalue weighted by Crippen LogP contribution is -2.50. The van der Waals surface area contributed by atoms with Crippen LogP contribution >= 0.6 is 11.6 Å². The van der Waals surface area contributed by atoms with Crippen LogP contribution in [-0.2, 0) is 26.3 Å². The lowest BCUT2D eigenvalue weighted by molar-refractivity contribution is -0.137. The van der Waals surface area contributed by atoms with E-state index in [0.29, 0.717) is 33.2 Å². The van der Waals surface area contributed by atoms with E-state index in [-0.39, 0.29) is 30.1 Å². The first-order valence-corrected chi connectivity index (χ1v) is 11.8. The van der Waals surface area contributed by atoms with Crippen molar-refractivity contribution in [3.8, 4) is 6.07 Å². The van der Waals surface area contributed by atoms with Gasteiger partial charge in [-0.25, -0.2) is 9.18 Å². The molecule has 0 bridgehead atoms. The molecule has 0 saturated heterocycles. The Hall–Kier alpha value is -4.61. The number of rotatable bonds is 3. The second kappa shape index (κ2) is 8.22. The SMILES string of the molecule is N#CC1=C(N)N(c2cccc(Cl)c2)C2=C(C(=O)OC2)C12C(=O)N(Cc1cccc(F)c1)c1ccccc12. The first kappa shape index (κ1) is 22.8. The zero-order chi connectivity index (χ0) is 25.9. The van der Waals surface area contributed by atoms with E-state index in [1.807, 2.05) is 0 Å². The minimum absolute atomic E-state index is 0.00225. The van der Waals surface area contributed by atoms with Gasteiger partial charge >= 0.3 is 5.97 Å². The van der Waals surface area contributed by atoms with Crippen LogP contribution in [-0.4, -0.2) is 18.5 Å². The highest BCUT2D eigenvalue weighted by Crippen LogP contribution is 2.56. The lowest BCUT2D eigenvalue weighted by atomic mass is 9.67. The summed E-state index contributed by atoms with van der Waals surface area (Å²) >= 11 is 6.22. The molecule has 7 nitrogen and oxygen atoms in total. The minimum atomic E-state index is -1.80. The van der Waals surface area contributed by atoms with Crippen molar-refractivity contribution >= 4 is 34.9 Å². The van der Waals surface area contributed by atoms with Crippen LogP contribution in [0.25, 0.3) is 0 Å². The molecular weight excluding hydrogens is 495 g/mol. The standard InChI is InChI=1S/C28H18ClFN4O3/c29-17-6-4-8-19(12-17)34-23-15-37-26(35)24(23)28(21(13-31)25(34)32)20-9-1-2-10-22(20)33(27(28)36)14-16-5-3-7-18(30)11-16/h1-12H,14-15,32H2. The average molecular weight is 513 g/mol. The van der Waals surface area contributed by atoms with Gasteiger partial charge in [-0.1, -0.05) is 48.0 Å². The summed E-state index contributed by atoms with van der Waals surface area (Å²) in [5.41, 5.74) is 7.14. The van der Waals surface area contributed by atoms with Gasteiger partial charge in [0.15, 0.2) is 0 Å². The first-order chi connectivity index (χ1) is 17.9. The van der Waals surface area contributed by atoms with E-state index in [1.54, 1.807) is 65.6 Å². The summed E-state index contributed by atoms with van der Waals surface area (Å²) in [6, 6.07) is 21.8. The molecular formula is C28H18ClFN4O3. The van der Waals surface area contributed by atoms with E-state index in [1.165, 1.54) is 17.0 Å². The summed E-state index contributed by atoms with van der Waals surface area (Å²) in [7, 11) is 0. The maximum Gasteiger partial charge on any atom is 0.338 e. The summed E-state index contributed by atoms with van der Waals surface area (Å²) < 4.78 is 19.4. The Balaban J connectivity index is 1.61. The molecule has 0 fully saturated rings. The molecule has 1 spiro atoms. The fourth-order valence-electron chi connectivity index (χ4n) is 5.48. The van der Waals surface area contributed by atoms with Crippen molar-refractivity contribution in [2.75, 3.05) is 16.4 Å². The summed E-state index contributed by atoms with van der Waals surface area (Å²) in [5.74, 6) is -1.68. The summed E-state index contributed by atoms with van der Waals surface area (Å²) in [4.78, 5) is 30.8. The molecule has 3 heterocycles.